The van der Waals surface area contributed by atoms with Gasteiger partial charge in [0.05, 0.1) is 35.9 Å². The molecule has 4 aliphatic heterocycles. The summed E-state index contributed by atoms with van der Waals surface area (Å²) in [5, 5.41) is 2.99. The van der Waals surface area contributed by atoms with Crippen LogP contribution < -0.4 is 5.32 Å². The molecule has 2 aromatic carbocycles. The smallest absolute Gasteiger partial charge is 0.246 e. The summed E-state index contributed by atoms with van der Waals surface area (Å²) in [6.45, 7) is 9.70. The number of fused-ring (bicyclic) bond motifs is 2. The predicted molar refractivity (Wildman–Crippen MR) is 239 cm³/mol. The zero-order valence-corrected chi connectivity index (χ0v) is 37.3. The molecule has 8 atom stereocenters. The number of hydrogen-bond donors (Lipinski definition) is 3. The quantitative estimate of drug-likeness (QED) is 0.139. The number of rotatable bonds is 11. The van der Waals surface area contributed by atoms with Crippen LogP contribution in [-0.2, 0) is 28.7 Å². The number of aryl methyl sites for hydroxylation is 2. The summed E-state index contributed by atoms with van der Waals surface area (Å²) in [6.07, 6.45) is 10.9. The maximum absolute atomic E-state index is 14.2. The maximum atomic E-state index is 14.2. The number of ketones is 1. The van der Waals surface area contributed by atoms with Gasteiger partial charge in [-0.3, -0.25) is 14.4 Å². The number of carbonyl (C=O) groups is 4. The summed E-state index contributed by atoms with van der Waals surface area (Å²) in [4.78, 5) is 73.8. The van der Waals surface area contributed by atoms with Crippen LogP contribution >= 0.6 is 0 Å². The number of imidazole rings is 2. The first kappa shape index (κ1) is 42.4. The third-order valence-electron chi connectivity index (χ3n) is 15.0. The van der Waals surface area contributed by atoms with Crippen LogP contribution in [0.2, 0.25) is 0 Å². The van der Waals surface area contributed by atoms with E-state index in [-0.39, 0.29) is 71.8 Å². The third kappa shape index (κ3) is 8.42. The lowest BCUT2D eigenvalue weighted by atomic mass is 9.81. The van der Waals surface area contributed by atoms with Crippen molar-refractivity contribution in [2.45, 2.75) is 116 Å². The van der Waals surface area contributed by atoms with Gasteiger partial charge >= 0.3 is 0 Å². The molecule has 0 unspecified atom stereocenters. The second kappa shape index (κ2) is 17.4. The van der Waals surface area contributed by atoms with E-state index in [1.54, 1.807) is 6.92 Å². The van der Waals surface area contributed by atoms with Crippen molar-refractivity contribution in [3.63, 3.8) is 0 Å². The van der Waals surface area contributed by atoms with Crippen molar-refractivity contribution in [3.05, 3.63) is 82.7 Å². The number of nitrogens with one attached hydrogen (secondary N) is 3. The Balaban J connectivity index is 0.809. The molecule has 64 heavy (non-hydrogen) atoms. The highest BCUT2D eigenvalue weighted by Crippen LogP contribution is 2.55. The van der Waals surface area contributed by atoms with Gasteiger partial charge in [0.1, 0.15) is 23.5 Å². The first-order chi connectivity index (χ1) is 31.0. The first-order valence-corrected chi connectivity index (χ1v) is 23.4. The van der Waals surface area contributed by atoms with Crippen LogP contribution in [-0.4, -0.2) is 97.8 Å². The van der Waals surface area contributed by atoms with E-state index in [9.17, 15) is 19.2 Å². The van der Waals surface area contributed by atoms with E-state index in [1.807, 2.05) is 23.4 Å². The standard InChI is InChI=1S/C51H59N7O6/c1-28-19-36(41-26-52-48(55-41)45-24-38-22-43(38)57(45)50(61)40(21-30(3)59)34-11-15-63-16-12-34)9-7-32(28)5-6-33-8-10-37(20-29(33)2)42-27-53-49(56-42)46-25-39-23-44(39)58(46)51(62)47(54-31(4)60)35-13-17-64-18-14-35/h7-10,19-20,26-27,34-35,38-40,43-47H,11-18,21-25H2,1-4H3,(H,52,55)(H,53,56)(H,54,60)/t38-,39-,40+,43-,44-,45+,46+,47+/m1/s1. The van der Waals surface area contributed by atoms with Crippen LogP contribution in [0.25, 0.3) is 22.5 Å². The van der Waals surface area contributed by atoms with Gasteiger partial charge in [0, 0.05) is 68.9 Å². The van der Waals surface area contributed by atoms with E-state index in [4.69, 9.17) is 19.4 Å². The van der Waals surface area contributed by atoms with Crippen LogP contribution in [0.15, 0.2) is 48.8 Å². The lowest BCUT2D eigenvalue weighted by molar-refractivity contribution is -0.143. The zero-order chi connectivity index (χ0) is 44.2. The molecule has 334 valence electrons. The summed E-state index contributed by atoms with van der Waals surface area (Å²) in [7, 11) is 0. The minimum atomic E-state index is -0.555. The molecule has 6 heterocycles. The number of ether oxygens (including phenoxy) is 2. The molecule has 13 nitrogen and oxygen atoms in total. The molecule has 0 radical (unpaired) electrons. The second-order valence-corrected chi connectivity index (χ2v) is 19.4. The first-order valence-electron chi connectivity index (χ1n) is 23.4. The van der Waals surface area contributed by atoms with Crippen molar-refractivity contribution in [2.24, 2.45) is 29.6 Å². The van der Waals surface area contributed by atoms with Gasteiger partial charge in [-0.1, -0.05) is 24.0 Å². The second-order valence-electron chi connectivity index (χ2n) is 19.4. The molecule has 6 aliphatic rings. The summed E-state index contributed by atoms with van der Waals surface area (Å²) in [5.74, 6) is 9.23. The Morgan fingerprint density at radius 3 is 1.66 bits per heavy atom. The highest BCUT2D eigenvalue weighted by molar-refractivity contribution is 5.88. The highest BCUT2D eigenvalue weighted by atomic mass is 16.5. The van der Waals surface area contributed by atoms with E-state index in [0.717, 1.165) is 108 Å². The SMILES string of the molecule is CC(=O)C[C@H](C(=O)N1[C@@H]2C[C@@H]2C[C@H]1c1ncc(-c2ccc(C#Cc3ccc(-c4cnc([C@@H]5C[C@H]6C[C@H]6N5C(=O)[C@@H](NC(C)=O)C5CCOCC5)[nH]4)cc3C)c(C)c2)[nH]1)C1CCOCC1. The van der Waals surface area contributed by atoms with E-state index in [2.05, 4.69) is 76.2 Å². The Labute approximate surface area is 374 Å². The molecule has 0 bridgehead atoms. The van der Waals surface area contributed by atoms with Gasteiger partial charge in [0.25, 0.3) is 0 Å². The number of piperidine rings is 2. The van der Waals surface area contributed by atoms with E-state index >= 15 is 0 Å². The van der Waals surface area contributed by atoms with Crippen LogP contribution in [0.3, 0.4) is 0 Å². The molecule has 6 fully saturated rings. The van der Waals surface area contributed by atoms with Gasteiger partial charge < -0.3 is 39.4 Å². The van der Waals surface area contributed by atoms with Gasteiger partial charge in [-0.25, -0.2) is 9.97 Å². The van der Waals surface area contributed by atoms with Crippen molar-refractivity contribution in [3.8, 4) is 34.4 Å². The number of H-pyrrole nitrogens is 2. The molecule has 3 N–H and O–H groups in total. The molecular weight excluding hydrogens is 807 g/mol. The van der Waals surface area contributed by atoms with Crippen LogP contribution in [0.1, 0.15) is 118 Å². The van der Waals surface area contributed by atoms with Gasteiger partial charge in [-0.2, -0.15) is 0 Å². The van der Waals surface area contributed by atoms with E-state index in [1.165, 1.54) is 6.92 Å². The summed E-state index contributed by atoms with van der Waals surface area (Å²) in [5.41, 5.74) is 7.77. The van der Waals surface area contributed by atoms with Gasteiger partial charge in [0.15, 0.2) is 0 Å². The average Bonchev–Trinajstić information content (AvgIpc) is 3.88. The normalized spacial score (nSPS) is 26.1. The molecule has 2 aliphatic carbocycles. The van der Waals surface area contributed by atoms with Crippen molar-refractivity contribution in [1.82, 2.24) is 35.1 Å². The number of nitrogens with zero attached hydrogens (tertiary/aromatic N) is 4. The van der Waals surface area contributed by atoms with Crippen LogP contribution in [0.5, 0.6) is 0 Å². The fourth-order valence-corrected chi connectivity index (χ4v) is 11.3. The number of Topliss-reactive ketones (excluding diaryl/α,β-unsaturated/α-hetero) is 1. The molecule has 4 aromatic rings. The number of benzene rings is 2. The van der Waals surface area contributed by atoms with E-state index < -0.39 is 6.04 Å². The molecule has 3 amide bonds. The molecule has 13 heteroatoms. The lowest BCUT2D eigenvalue weighted by Crippen LogP contribution is -2.53. The Bertz CT molecular complexity index is 2350. The summed E-state index contributed by atoms with van der Waals surface area (Å²) in [6, 6.07) is 12.1. The summed E-state index contributed by atoms with van der Waals surface area (Å²) < 4.78 is 11.2. The number of hydrogen-bond acceptors (Lipinski definition) is 8. The van der Waals surface area contributed by atoms with Gasteiger partial charge in [0.2, 0.25) is 17.7 Å². The zero-order valence-electron chi connectivity index (χ0n) is 37.3. The molecule has 0 spiro atoms. The molecular formula is C51H59N7O6. The van der Waals surface area contributed by atoms with Gasteiger partial charge in [-0.15, -0.1) is 0 Å². The minimum absolute atomic E-state index is 0.00612. The number of carbonyl (C=O) groups excluding carboxylic acids is 4. The number of aromatic amines is 2. The van der Waals surface area contributed by atoms with Crippen molar-refractivity contribution < 1.29 is 28.7 Å². The largest absolute Gasteiger partial charge is 0.381 e. The highest BCUT2D eigenvalue weighted by Gasteiger charge is 2.58. The van der Waals surface area contributed by atoms with E-state index in [0.29, 0.717) is 38.3 Å². The van der Waals surface area contributed by atoms with Gasteiger partial charge in [-0.05, 0) is 142 Å². The minimum Gasteiger partial charge on any atom is -0.381 e. The third-order valence-corrected chi connectivity index (χ3v) is 15.0. The monoisotopic (exact) mass is 865 g/mol. The predicted octanol–water partition coefficient (Wildman–Crippen LogP) is 6.76. The Hall–Kier alpha value is -5.58. The van der Waals surface area contributed by atoms with Crippen LogP contribution in [0.4, 0.5) is 0 Å². The molecule has 2 saturated carbocycles. The Morgan fingerprint density at radius 1 is 0.703 bits per heavy atom. The van der Waals surface area contributed by atoms with Crippen LogP contribution in [0, 0.1) is 55.3 Å². The topological polar surface area (TPSA) is 163 Å². The average molecular weight is 866 g/mol. The fraction of sp³-hybridized carbons (Fsp3) is 0.529. The van der Waals surface area contributed by atoms with Crippen molar-refractivity contribution in [1.29, 1.82) is 0 Å². The van der Waals surface area contributed by atoms with Crippen molar-refractivity contribution >= 4 is 23.5 Å². The number of amides is 3. The summed E-state index contributed by atoms with van der Waals surface area (Å²) >= 11 is 0. The fourth-order valence-electron chi connectivity index (χ4n) is 11.3. The maximum Gasteiger partial charge on any atom is 0.246 e. The lowest BCUT2D eigenvalue weighted by Gasteiger charge is -2.35. The number of likely N-dealkylation sites (tertiary alicyclic amines) is 2. The Morgan fingerprint density at radius 2 is 1.19 bits per heavy atom. The molecule has 2 aromatic heterocycles. The molecule has 10 rings (SSSR count). The number of aromatic nitrogens is 4. The Kier molecular flexibility index (Phi) is 11.5. The molecule has 4 saturated heterocycles. The van der Waals surface area contributed by atoms with Crippen molar-refractivity contribution in [2.75, 3.05) is 26.4 Å².